The first-order valence-corrected chi connectivity index (χ1v) is 7.73. The number of hydrogen-bond donors (Lipinski definition) is 1. The predicted octanol–water partition coefficient (Wildman–Crippen LogP) is 4.12. The molecule has 1 aliphatic rings. The number of nitrogens with zero attached hydrogens (tertiary/aromatic N) is 2. The van der Waals surface area contributed by atoms with Gasteiger partial charge in [-0.15, -0.1) is 0 Å². The number of benzene rings is 2. The molecule has 22 heavy (non-hydrogen) atoms. The van der Waals surface area contributed by atoms with Gasteiger partial charge in [-0.05, 0) is 31.9 Å². The van der Waals surface area contributed by atoms with Crippen molar-refractivity contribution < 1.29 is 0 Å². The zero-order valence-electron chi connectivity index (χ0n) is 12.9. The van der Waals surface area contributed by atoms with Gasteiger partial charge in [0.05, 0.1) is 11.4 Å². The van der Waals surface area contributed by atoms with Gasteiger partial charge in [0.2, 0.25) is 0 Å². The Bertz CT molecular complexity index is 831. The van der Waals surface area contributed by atoms with Crippen molar-refractivity contribution in [3.05, 3.63) is 65.2 Å². The van der Waals surface area contributed by atoms with E-state index in [0.29, 0.717) is 0 Å². The van der Waals surface area contributed by atoms with Crippen molar-refractivity contribution in [2.24, 2.45) is 0 Å². The van der Waals surface area contributed by atoms with E-state index in [-0.39, 0.29) is 0 Å². The molecule has 1 aliphatic heterocycles. The minimum absolute atomic E-state index is 0.984. The third-order valence-electron chi connectivity index (χ3n) is 4.28. The molecule has 1 N–H and O–H groups in total. The Kier molecular flexibility index (Phi) is 3.00. The van der Waals surface area contributed by atoms with Gasteiger partial charge in [-0.1, -0.05) is 48.0 Å². The van der Waals surface area contributed by atoms with Crippen molar-refractivity contribution in [1.29, 1.82) is 0 Å². The van der Waals surface area contributed by atoms with Gasteiger partial charge >= 0.3 is 0 Å². The number of aryl methyl sites for hydroxylation is 2. The summed E-state index contributed by atoms with van der Waals surface area (Å²) in [5.41, 5.74) is 7.29. The maximum absolute atomic E-state index is 4.92. The van der Waals surface area contributed by atoms with Crippen molar-refractivity contribution in [2.75, 3.05) is 11.9 Å². The number of hydrogen-bond acceptors (Lipinski definition) is 2. The highest BCUT2D eigenvalue weighted by molar-refractivity contribution is 5.73. The number of fused-ring (bicyclic) bond motifs is 1. The molecule has 0 radical (unpaired) electrons. The third kappa shape index (κ3) is 2.01. The lowest BCUT2D eigenvalue weighted by atomic mass is 10.1. The van der Waals surface area contributed by atoms with Gasteiger partial charge < -0.3 is 5.32 Å². The standard InChI is InChI=1S/C19H19N3/c1-13-8-9-17(14(2)12-13)22-19-16(10-11-20-19)18(21-22)15-6-4-3-5-7-15/h3-9,12,20H,10-11H2,1-2H3. The van der Waals surface area contributed by atoms with Crippen LogP contribution in [0.15, 0.2) is 48.5 Å². The maximum atomic E-state index is 4.92. The fourth-order valence-corrected chi connectivity index (χ4v) is 3.22. The van der Waals surface area contributed by atoms with Crippen molar-refractivity contribution in [2.45, 2.75) is 20.3 Å². The summed E-state index contributed by atoms with van der Waals surface area (Å²) in [7, 11) is 0. The fraction of sp³-hybridized carbons (Fsp3) is 0.211. The molecule has 0 unspecified atom stereocenters. The van der Waals surface area contributed by atoms with Gasteiger partial charge in [-0.25, -0.2) is 4.68 Å². The molecule has 2 aromatic carbocycles. The Balaban J connectivity index is 1.92. The van der Waals surface area contributed by atoms with Crippen molar-refractivity contribution >= 4 is 5.82 Å². The molecule has 0 saturated carbocycles. The topological polar surface area (TPSA) is 29.9 Å². The van der Waals surface area contributed by atoms with Crippen molar-refractivity contribution in [1.82, 2.24) is 9.78 Å². The number of aromatic nitrogens is 2. The van der Waals surface area contributed by atoms with Crippen LogP contribution in [0.25, 0.3) is 16.9 Å². The van der Waals surface area contributed by atoms with Gasteiger partial charge in [0.25, 0.3) is 0 Å². The SMILES string of the molecule is Cc1ccc(-n2nc(-c3ccccc3)c3c2NCC3)c(C)c1. The van der Waals surface area contributed by atoms with Gasteiger partial charge in [-0.2, -0.15) is 5.10 Å². The van der Waals surface area contributed by atoms with Crippen LogP contribution < -0.4 is 5.32 Å². The highest BCUT2D eigenvalue weighted by Gasteiger charge is 2.24. The van der Waals surface area contributed by atoms with E-state index in [9.17, 15) is 0 Å². The zero-order valence-corrected chi connectivity index (χ0v) is 12.9. The van der Waals surface area contributed by atoms with Gasteiger partial charge in [0, 0.05) is 17.7 Å². The minimum atomic E-state index is 0.984. The van der Waals surface area contributed by atoms with Gasteiger partial charge in [0.1, 0.15) is 5.82 Å². The quantitative estimate of drug-likeness (QED) is 0.769. The van der Waals surface area contributed by atoms with Crippen molar-refractivity contribution in [3.8, 4) is 16.9 Å². The first kappa shape index (κ1) is 13.1. The van der Waals surface area contributed by atoms with Crippen molar-refractivity contribution in [3.63, 3.8) is 0 Å². The second-order valence-electron chi connectivity index (χ2n) is 5.92. The summed E-state index contributed by atoms with van der Waals surface area (Å²) in [5.74, 6) is 1.14. The Morgan fingerprint density at radius 3 is 2.64 bits per heavy atom. The van der Waals surface area contributed by atoms with E-state index in [2.05, 4.69) is 66.3 Å². The average molecular weight is 289 g/mol. The molecule has 0 atom stereocenters. The normalized spacial score (nSPS) is 13.0. The predicted molar refractivity (Wildman–Crippen MR) is 90.7 cm³/mol. The van der Waals surface area contributed by atoms with Crippen LogP contribution in [0.4, 0.5) is 5.82 Å². The lowest BCUT2D eigenvalue weighted by Gasteiger charge is -2.10. The van der Waals surface area contributed by atoms with Crippen LogP contribution in [0.3, 0.4) is 0 Å². The molecule has 2 heterocycles. The van der Waals surface area contributed by atoms with Gasteiger partial charge in [-0.3, -0.25) is 0 Å². The molecule has 0 aliphatic carbocycles. The summed E-state index contributed by atoms with van der Waals surface area (Å²) < 4.78 is 2.07. The van der Waals surface area contributed by atoms with Crippen LogP contribution in [0, 0.1) is 13.8 Å². The van der Waals surface area contributed by atoms with E-state index in [1.54, 1.807) is 0 Å². The molecule has 3 aromatic rings. The van der Waals surface area contributed by atoms with Crippen LogP contribution in [-0.2, 0) is 6.42 Å². The highest BCUT2D eigenvalue weighted by Crippen LogP contribution is 2.35. The molecule has 0 bridgehead atoms. The van der Waals surface area contributed by atoms with E-state index in [4.69, 9.17) is 5.10 Å². The fourth-order valence-electron chi connectivity index (χ4n) is 3.22. The Labute approximate surface area is 130 Å². The van der Waals surface area contributed by atoms with Crippen LogP contribution in [0.5, 0.6) is 0 Å². The summed E-state index contributed by atoms with van der Waals surface area (Å²) in [6.45, 7) is 5.25. The summed E-state index contributed by atoms with van der Waals surface area (Å²) >= 11 is 0. The van der Waals surface area contributed by atoms with E-state index in [1.165, 1.54) is 22.3 Å². The molecule has 3 nitrogen and oxygen atoms in total. The average Bonchev–Trinajstić information content (AvgIpc) is 3.11. The van der Waals surface area contributed by atoms with Crippen LogP contribution in [0.1, 0.15) is 16.7 Å². The Hall–Kier alpha value is -2.55. The molecule has 0 fully saturated rings. The molecule has 1 aromatic heterocycles. The number of rotatable bonds is 2. The lowest BCUT2D eigenvalue weighted by molar-refractivity contribution is 0.874. The maximum Gasteiger partial charge on any atom is 0.133 e. The molecule has 4 rings (SSSR count). The summed E-state index contributed by atoms with van der Waals surface area (Å²) in [6, 6.07) is 17.0. The first-order valence-electron chi connectivity index (χ1n) is 7.73. The molecule has 0 amide bonds. The molecular formula is C19H19N3. The van der Waals surface area contributed by atoms with E-state index >= 15 is 0 Å². The Morgan fingerprint density at radius 1 is 1.05 bits per heavy atom. The van der Waals surface area contributed by atoms with Crippen LogP contribution >= 0.6 is 0 Å². The molecule has 0 spiro atoms. The minimum Gasteiger partial charge on any atom is -0.369 e. The van der Waals surface area contributed by atoms with E-state index < -0.39 is 0 Å². The molecule has 3 heteroatoms. The Morgan fingerprint density at radius 2 is 1.86 bits per heavy atom. The summed E-state index contributed by atoms with van der Waals surface area (Å²) in [4.78, 5) is 0. The van der Waals surface area contributed by atoms with E-state index in [1.807, 2.05) is 6.07 Å². The summed E-state index contributed by atoms with van der Waals surface area (Å²) in [6.07, 6.45) is 1.03. The number of anilines is 1. The number of nitrogens with one attached hydrogen (secondary N) is 1. The highest BCUT2D eigenvalue weighted by atomic mass is 15.3. The zero-order chi connectivity index (χ0) is 15.1. The van der Waals surface area contributed by atoms with E-state index in [0.717, 1.165) is 30.2 Å². The second-order valence-corrected chi connectivity index (χ2v) is 5.92. The van der Waals surface area contributed by atoms with Crippen LogP contribution in [0.2, 0.25) is 0 Å². The molecule has 0 saturated heterocycles. The largest absolute Gasteiger partial charge is 0.369 e. The lowest BCUT2D eigenvalue weighted by Crippen LogP contribution is -2.05. The molecular weight excluding hydrogens is 270 g/mol. The smallest absolute Gasteiger partial charge is 0.133 e. The second kappa shape index (κ2) is 5.02. The monoisotopic (exact) mass is 289 g/mol. The third-order valence-corrected chi connectivity index (χ3v) is 4.28. The van der Waals surface area contributed by atoms with Gasteiger partial charge in [0.15, 0.2) is 0 Å². The summed E-state index contributed by atoms with van der Waals surface area (Å²) in [5, 5.41) is 8.42. The molecule has 110 valence electrons. The first-order chi connectivity index (χ1) is 10.7. The van der Waals surface area contributed by atoms with Crippen LogP contribution in [-0.4, -0.2) is 16.3 Å².